The molecule has 2 aromatic rings. The zero-order chi connectivity index (χ0) is 43.7. The van der Waals surface area contributed by atoms with Crippen LogP contribution in [-0.2, 0) is 35.1 Å². The van der Waals surface area contributed by atoms with E-state index >= 15 is 8.78 Å². The van der Waals surface area contributed by atoms with Gasteiger partial charge in [0.2, 0.25) is 34.1 Å². The number of hydrogen-bond acceptors (Lipinski definition) is 11. The van der Waals surface area contributed by atoms with Crippen LogP contribution in [0.4, 0.5) is 22.4 Å². The van der Waals surface area contributed by atoms with Crippen molar-refractivity contribution in [3.63, 3.8) is 0 Å². The lowest BCUT2D eigenvalue weighted by Crippen LogP contribution is -2.61. The van der Waals surface area contributed by atoms with Gasteiger partial charge >= 0.3 is 6.09 Å². The number of carbonyl (C=O) groups is 4. The predicted molar refractivity (Wildman–Crippen MR) is 207 cm³/mol. The molecule has 20 heteroatoms. The Morgan fingerprint density at radius 1 is 1.07 bits per heavy atom. The minimum Gasteiger partial charge on any atom is -0.497 e. The van der Waals surface area contributed by atoms with Crippen molar-refractivity contribution in [2.75, 3.05) is 13.7 Å². The molecule has 3 aliphatic carbocycles. The highest BCUT2D eigenvalue weighted by molar-refractivity contribution is 7.91. The van der Waals surface area contributed by atoms with E-state index in [4.69, 9.17) is 14.2 Å². The fraction of sp³-hybridized carbons (Fsp3) is 0.700. The highest BCUT2D eigenvalue weighted by Crippen LogP contribution is 2.50. The molecule has 60 heavy (non-hydrogen) atoms. The molecule has 0 spiro atoms. The lowest BCUT2D eigenvalue weighted by atomic mass is 9.85. The number of nitrogens with zero attached hydrogens (tertiary/aromatic N) is 3. The topological polar surface area (TPSA) is 195 Å². The summed E-state index contributed by atoms with van der Waals surface area (Å²) in [5.41, 5.74) is -3.83. The Balaban J connectivity index is 1.30. The first kappa shape index (κ1) is 43.6. The van der Waals surface area contributed by atoms with Crippen molar-refractivity contribution in [3.8, 4) is 11.6 Å². The summed E-state index contributed by atoms with van der Waals surface area (Å²) >= 11 is 0. The molecular weight excluding hydrogens is 817 g/mol. The highest BCUT2D eigenvalue weighted by atomic mass is 32.2. The van der Waals surface area contributed by atoms with Crippen molar-refractivity contribution in [1.82, 2.24) is 30.2 Å². The SMILES string of the molecule is CC[C@@H]1[C@@H]2CN(C(=O)[C@H](C(C)(C)C)NC(=O)O[C@@H]3C[C@H]3CCCCC(F)(F)c3nc4ccc(OC)cc4nc3O2)[C@@H]1C(=O)N[C@@]1(C(=O)NS(=O)(=O)C2(C)CC2)C[C@H]1C(F)F. The summed E-state index contributed by atoms with van der Waals surface area (Å²) < 4.78 is 105. The number of sulfonamides is 1. The Kier molecular flexibility index (Phi) is 11.2. The zero-order valence-corrected chi connectivity index (χ0v) is 35.2. The standard InChI is InChI=1S/C40H52F4N6O9S/c1-7-22-27-19-50(28(22)32(51)48-39(18-23(39)31(41)42)35(53)49-60(55,56)38(5)14-15-38)34(52)30(37(2,3)4)47-36(54)59-26-16-20(26)10-8-9-13-40(43,44)29-33(58-27)46-25-17-21(57-6)11-12-24(25)45-29/h11-12,17,20,22-23,26-28,30-31H,7-10,13-16,18-19H2,1-6H3,(H,47,54)(H,48,51)(H,49,53)/t20-,22-,23+,26-,27+,28+,30-,39+/m1/s1. The number of alkyl halides is 4. The van der Waals surface area contributed by atoms with Crippen LogP contribution in [0.5, 0.6) is 11.6 Å². The lowest BCUT2D eigenvalue weighted by Gasteiger charge is -2.36. The number of halogens is 4. The molecule has 0 unspecified atom stereocenters. The first-order chi connectivity index (χ1) is 28.0. The van der Waals surface area contributed by atoms with Gasteiger partial charge in [-0.3, -0.25) is 19.1 Å². The number of fused-ring (bicyclic) bond motifs is 5. The molecule has 1 saturated heterocycles. The van der Waals surface area contributed by atoms with Gasteiger partial charge in [-0.25, -0.2) is 32.0 Å². The maximum Gasteiger partial charge on any atom is 0.408 e. The van der Waals surface area contributed by atoms with Gasteiger partial charge in [-0.15, -0.1) is 0 Å². The average molecular weight is 869 g/mol. The number of hydrogen-bond donors (Lipinski definition) is 3. The van der Waals surface area contributed by atoms with Crippen molar-refractivity contribution in [2.45, 2.75) is 139 Å². The van der Waals surface area contributed by atoms with Crippen molar-refractivity contribution in [3.05, 3.63) is 23.9 Å². The molecule has 2 bridgehead atoms. The van der Waals surface area contributed by atoms with Gasteiger partial charge in [0.25, 0.3) is 11.8 Å². The number of amides is 4. The highest BCUT2D eigenvalue weighted by Gasteiger charge is 2.68. The van der Waals surface area contributed by atoms with Crippen molar-refractivity contribution in [1.29, 1.82) is 0 Å². The van der Waals surface area contributed by atoms with Gasteiger partial charge in [0, 0.05) is 18.4 Å². The van der Waals surface area contributed by atoms with E-state index in [1.54, 1.807) is 33.8 Å². The van der Waals surface area contributed by atoms with Crippen LogP contribution in [0.15, 0.2) is 18.2 Å². The summed E-state index contributed by atoms with van der Waals surface area (Å²) in [6.07, 6.45) is -4.91. The Labute approximate surface area is 345 Å². The van der Waals surface area contributed by atoms with Crippen LogP contribution in [-0.4, -0.2) is 102 Å². The molecule has 3 saturated carbocycles. The molecule has 330 valence electrons. The molecule has 3 N–H and O–H groups in total. The van der Waals surface area contributed by atoms with Crippen molar-refractivity contribution >= 4 is 44.9 Å². The second-order valence-corrected chi connectivity index (χ2v) is 20.4. The molecule has 3 heterocycles. The predicted octanol–water partition coefficient (Wildman–Crippen LogP) is 4.96. The monoisotopic (exact) mass is 868 g/mol. The first-order valence-corrected chi connectivity index (χ1v) is 21.9. The summed E-state index contributed by atoms with van der Waals surface area (Å²) in [4.78, 5) is 66.3. The van der Waals surface area contributed by atoms with Crippen LogP contribution >= 0.6 is 0 Å². The van der Waals surface area contributed by atoms with Crippen LogP contribution < -0.4 is 24.8 Å². The van der Waals surface area contributed by atoms with Crippen LogP contribution in [0.2, 0.25) is 0 Å². The van der Waals surface area contributed by atoms with E-state index in [-0.39, 0.29) is 42.6 Å². The Hall–Kier alpha value is -4.49. The van der Waals surface area contributed by atoms with Gasteiger partial charge in [0.15, 0.2) is 5.69 Å². The molecule has 4 fully saturated rings. The molecule has 8 atom stereocenters. The molecule has 1 aromatic heterocycles. The van der Waals surface area contributed by atoms with Gasteiger partial charge in [-0.1, -0.05) is 34.1 Å². The number of nitrogens with one attached hydrogen (secondary N) is 3. The van der Waals surface area contributed by atoms with Gasteiger partial charge < -0.3 is 29.7 Å². The second kappa shape index (κ2) is 15.4. The smallest absolute Gasteiger partial charge is 0.408 e. The number of benzene rings is 1. The zero-order valence-electron chi connectivity index (χ0n) is 34.4. The molecule has 2 aliphatic heterocycles. The fourth-order valence-corrected chi connectivity index (χ4v) is 9.74. The molecule has 5 aliphatic rings. The summed E-state index contributed by atoms with van der Waals surface area (Å²) in [6, 6.07) is 1.59. The van der Waals surface area contributed by atoms with Crippen LogP contribution in [0.1, 0.15) is 98.1 Å². The number of alkyl carbamates (subject to hydrolysis) is 1. The number of ether oxygens (including phenoxy) is 3. The average Bonchev–Trinajstić information content (AvgIpc) is 4.12. The molecule has 15 nitrogen and oxygen atoms in total. The van der Waals surface area contributed by atoms with E-state index in [0.29, 0.717) is 25.0 Å². The minimum atomic E-state index is -4.31. The maximum absolute atomic E-state index is 16.3. The minimum absolute atomic E-state index is 0.0516. The third-order valence-corrected chi connectivity index (χ3v) is 14.9. The second-order valence-electron chi connectivity index (χ2n) is 18.2. The van der Waals surface area contributed by atoms with Gasteiger partial charge in [0.1, 0.15) is 35.6 Å². The first-order valence-electron chi connectivity index (χ1n) is 20.4. The van der Waals surface area contributed by atoms with Gasteiger partial charge in [-0.2, -0.15) is 8.78 Å². The molecule has 7 rings (SSSR count). The quantitative estimate of drug-likeness (QED) is 0.304. The third-order valence-electron chi connectivity index (χ3n) is 12.8. The Morgan fingerprint density at radius 2 is 1.78 bits per heavy atom. The summed E-state index contributed by atoms with van der Waals surface area (Å²) in [5, 5.41) is 5.06. The summed E-state index contributed by atoms with van der Waals surface area (Å²) in [5.74, 6) is -9.85. The molecule has 4 amide bonds. The number of aromatic nitrogens is 2. The van der Waals surface area contributed by atoms with Crippen LogP contribution in [0.3, 0.4) is 0 Å². The third kappa shape index (κ3) is 8.28. The van der Waals surface area contributed by atoms with Crippen LogP contribution in [0.25, 0.3) is 11.0 Å². The fourth-order valence-electron chi connectivity index (χ4n) is 8.43. The molecular formula is C40H52F4N6O9S. The van der Waals surface area contributed by atoms with E-state index in [1.165, 1.54) is 26.2 Å². The van der Waals surface area contributed by atoms with E-state index < -0.39 is 129 Å². The maximum atomic E-state index is 16.3. The molecule has 0 radical (unpaired) electrons. The number of methoxy groups -OCH3 is 1. The molecule has 1 aromatic carbocycles. The van der Waals surface area contributed by atoms with E-state index in [9.17, 15) is 36.4 Å². The van der Waals surface area contributed by atoms with Crippen LogP contribution in [0, 0.1) is 23.2 Å². The van der Waals surface area contributed by atoms with Gasteiger partial charge in [-0.05, 0) is 75.3 Å². The van der Waals surface area contributed by atoms with Crippen molar-refractivity contribution < 1.29 is 59.4 Å². The number of carbonyl (C=O) groups excluding carboxylic acids is 4. The number of rotatable bonds is 8. The normalized spacial score (nSPS) is 31.3. The Bertz CT molecular complexity index is 2170. The van der Waals surface area contributed by atoms with Crippen molar-refractivity contribution in [2.24, 2.45) is 23.2 Å². The Morgan fingerprint density at radius 3 is 2.40 bits per heavy atom. The van der Waals surface area contributed by atoms with E-state index in [2.05, 4.69) is 20.6 Å². The summed E-state index contributed by atoms with van der Waals surface area (Å²) in [6.45, 7) is 7.62. The largest absolute Gasteiger partial charge is 0.497 e. The van der Waals surface area contributed by atoms with E-state index in [1.807, 2.05) is 4.72 Å². The summed E-state index contributed by atoms with van der Waals surface area (Å²) in [7, 11) is -2.89. The van der Waals surface area contributed by atoms with E-state index in [0.717, 1.165) is 4.90 Å². The lowest BCUT2D eigenvalue weighted by molar-refractivity contribution is -0.144. The van der Waals surface area contributed by atoms with Gasteiger partial charge in [0.05, 0.1) is 35.4 Å².